The lowest BCUT2D eigenvalue weighted by Crippen LogP contribution is -1.92. The molecule has 216 valence electrons. The van der Waals surface area contributed by atoms with Gasteiger partial charge < -0.3 is 0 Å². The number of aromatic nitrogens is 3. The van der Waals surface area contributed by atoms with Crippen LogP contribution in [-0.2, 0) is 0 Å². The van der Waals surface area contributed by atoms with Crippen molar-refractivity contribution < 1.29 is 0 Å². The quantitative estimate of drug-likeness (QED) is 0.194. The second-order valence-corrected chi connectivity index (χ2v) is 11.4. The van der Waals surface area contributed by atoms with Gasteiger partial charge in [-0.3, -0.25) is 0 Å². The highest BCUT2D eigenvalue weighted by Gasteiger charge is 2.13. The minimum atomic E-state index is 0.712. The fourth-order valence-corrected chi connectivity index (χ4v) is 5.99. The average molecular weight is 588 g/mol. The van der Waals surface area contributed by atoms with Crippen LogP contribution in [-0.4, -0.2) is 15.0 Å². The van der Waals surface area contributed by atoms with E-state index in [1.165, 1.54) is 16.3 Å². The molecule has 3 heteroatoms. The zero-order valence-electron chi connectivity index (χ0n) is 25.1. The summed E-state index contributed by atoms with van der Waals surface area (Å²) in [7, 11) is 0. The van der Waals surface area contributed by atoms with Crippen LogP contribution in [0.15, 0.2) is 176 Å². The minimum Gasteiger partial charge on any atom is -0.248 e. The summed E-state index contributed by atoms with van der Waals surface area (Å²) in [5, 5.41) is 2.45. The van der Waals surface area contributed by atoms with Crippen molar-refractivity contribution in [1.82, 2.24) is 15.0 Å². The topological polar surface area (TPSA) is 38.7 Å². The van der Waals surface area contributed by atoms with Crippen LogP contribution in [0.3, 0.4) is 0 Å². The van der Waals surface area contributed by atoms with Gasteiger partial charge >= 0.3 is 0 Å². The van der Waals surface area contributed by atoms with Gasteiger partial charge in [-0.1, -0.05) is 115 Å². The predicted molar refractivity (Wildman–Crippen MR) is 190 cm³/mol. The molecule has 2 heterocycles. The van der Waals surface area contributed by atoms with Crippen molar-refractivity contribution in [2.75, 3.05) is 0 Å². The van der Waals surface area contributed by atoms with E-state index in [-0.39, 0.29) is 0 Å². The Bertz CT molecular complexity index is 2240. The lowest BCUT2D eigenvalue weighted by Gasteiger charge is -2.15. The molecule has 8 aromatic rings. The van der Waals surface area contributed by atoms with Gasteiger partial charge in [-0.25, -0.2) is 15.0 Å². The molecule has 0 amide bonds. The molecule has 8 rings (SSSR count). The van der Waals surface area contributed by atoms with Gasteiger partial charge in [0.05, 0.1) is 11.4 Å². The van der Waals surface area contributed by atoms with Crippen LogP contribution < -0.4 is 0 Å². The number of benzene rings is 6. The predicted octanol–water partition coefficient (Wildman–Crippen LogP) is 11.0. The van der Waals surface area contributed by atoms with Crippen LogP contribution in [0.25, 0.3) is 78.1 Å². The zero-order valence-corrected chi connectivity index (χ0v) is 25.1. The summed E-state index contributed by atoms with van der Waals surface area (Å²) in [5.41, 5.74) is 11.8. The van der Waals surface area contributed by atoms with E-state index in [9.17, 15) is 0 Å². The van der Waals surface area contributed by atoms with Gasteiger partial charge in [-0.2, -0.15) is 0 Å². The largest absolute Gasteiger partial charge is 0.248 e. The molecule has 0 aliphatic rings. The highest BCUT2D eigenvalue weighted by molar-refractivity contribution is 5.90. The minimum absolute atomic E-state index is 0.712. The van der Waals surface area contributed by atoms with Crippen molar-refractivity contribution in [2.24, 2.45) is 0 Å². The van der Waals surface area contributed by atoms with Crippen LogP contribution >= 0.6 is 0 Å². The Morgan fingerprint density at radius 1 is 0.283 bits per heavy atom. The van der Waals surface area contributed by atoms with E-state index < -0.39 is 0 Å². The fourth-order valence-electron chi connectivity index (χ4n) is 5.99. The standard InChI is InChI=1S/C43H29N3/c1-3-12-31(13-4-1)41-28-40(29-42(46-41)32-14-5-2-6-15-32)39-26-37(34-17-9-18-36(24-34)43-44-21-10-22-45-43)25-38(27-39)35-20-19-30-11-7-8-16-33(30)23-35/h1-29H. The molecule has 0 bridgehead atoms. The molecule has 0 aliphatic heterocycles. The Kier molecular flexibility index (Phi) is 7.18. The molecule has 46 heavy (non-hydrogen) atoms. The summed E-state index contributed by atoms with van der Waals surface area (Å²) in [5.74, 6) is 0.712. The van der Waals surface area contributed by atoms with E-state index in [0.717, 1.165) is 55.9 Å². The summed E-state index contributed by atoms with van der Waals surface area (Å²) < 4.78 is 0. The summed E-state index contributed by atoms with van der Waals surface area (Å²) in [4.78, 5) is 14.1. The van der Waals surface area contributed by atoms with Gasteiger partial charge in [0, 0.05) is 29.1 Å². The molecule has 0 N–H and O–H groups in total. The molecule has 3 nitrogen and oxygen atoms in total. The van der Waals surface area contributed by atoms with Crippen molar-refractivity contribution in [1.29, 1.82) is 0 Å². The SMILES string of the molecule is c1ccc(-c2cc(-c3cc(-c4cccc(-c5ncccn5)c4)cc(-c4ccc5ccccc5c4)c3)cc(-c3ccccc3)n2)cc1. The highest BCUT2D eigenvalue weighted by Crippen LogP contribution is 2.37. The Labute approximate surface area is 268 Å². The third kappa shape index (κ3) is 5.58. The Balaban J connectivity index is 1.34. The molecule has 0 saturated heterocycles. The molecule has 6 aromatic carbocycles. The number of rotatable bonds is 6. The van der Waals surface area contributed by atoms with Crippen molar-refractivity contribution in [3.63, 3.8) is 0 Å². The fraction of sp³-hybridized carbons (Fsp3) is 0. The maximum atomic E-state index is 5.13. The lowest BCUT2D eigenvalue weighted by molar-refractivity contribution is 1.18. The highest BCUT2D eigenvalue weighted by atomic mass is 14.8. The molecule has 0 atom stereocenters. The Morgan fingerprint density at radius 2 is 0.761 bits per heavy atom. The summed E-state index contributed by atoms with van der Waals surface area (Å²) in [6.07, 6.45) is 3.57. The van der Waals surface area contributed by atoms with E-state index >= 15 is 0 Å². The number of hydrogen-bond acceptors (Lipinski definition) is 3. The van der Waals surface area contributed by atoms with Crippen molar-refractivity contribution in [3.8, 4) is 67.3 Å². The normalized spacial score (nSPS) is 11.0. The smallest absolute Gasteiger partial charge is 0.159 e. The molecule has 0 radical (unpaired) electrons. The van der Waals surface area contributed by atoms with Crippen LogP contribution in [0, 0.1) is 0 Å². The third-order valence-corrected chi connectivity index (χ3v) is 8.33. The van der Waals surface area contributed by atoms with Crippen LogP contribution in [0.1, 0.15) is 0 Å². The third-order valence-electron chi connectivity index (χ3n) is 8.33. The van der Waals surface area contributed by atoms with Gasteiger partial charge in [-0.05, 0) is 92.7 Å². The van der Waals surface area contributed by atoms with Crippen LogP contribution in [0.2, 0.25) is 0 Å². The monoisotopic (exact) mass is 587 g/mol. The number of nitrogens with zero attached hydrogens (tertiary/aromatic N) is 3. The molecular weight excluding hydrogens is 558 g/mol. The van der Waals surface area contributed by atoms with Crippen LogP contribution in [0.5, 0.6) is 0 Å². The summed E-state index contributed by atoms with van der Waals surface area (Å²) >= 11 is 0. The Morgan fingerprint density at radius 3 is 1.41 bits per heavy atom. The molecule has 0 aliphatic carbocycles. The number of hydrogen-bond donors (Lipinski definition) is 0. The van der Waals surface area contributed by atoms with Crippen molar-refractivity contribution in [3.05, 3.63) is 176 Å². The lowest BCUT2D eigenvalue weighted by atomic mass is 9.91. The Hall–Kier alpha value is -6.19. The molecule has 0 spiro atoms. The molecule has 2 aromatic heterocycles. The van der Waals surface area contributed by atoms with Crippen molar-refractivity contribution in [2.45, 2.75) is 0 Å². The number of fused-ring (bicyclic) bond motifs is 1. The van der Waals surface area contributed by atoms with E-state index in [2.05, 4.69) is 156 Å². The van der Waals surface area contributed by atoms with Gasteiger partial charge in [0.15, 0.2) is 5.82 Å². The first-order valence-electron chi connectivity index (χ1n) is 15.4. The first-order chi connectivity index (χ1) is 22.8. The van der Waals surface area contributed by atoms with E-state index in [0.29, 0.717) is 5.82 Å². The average Bonchev–Trinajstić information content (AvgIpc) is 3.15. The molecule has 0 unspecified atom stereocenters. The van der Waals surface area contributed by atoms with Gasteiger partial charge in [0.2, 0.25) is 0 Å². The van der Waals surface area contributed by atoms with Gasteiger partial charge in [0.25, 0.3) is 0 Å². The summed E-state index contributed by atoms with van der Waals surface area (Å²) in [6, 6.07) is 57.6. The second-order valence-electron chi connectivity index (χ2n) is 11.4. The summed E-state index contributed by atoms with van der Waals surface area (Å²) in [6.45, 7) is 0. The maximum Gasteiger partial charge on any atom is 0.159 e. The first kappa shape index (κ1) is 27.4. The van der Waals surface area contributed by atoms with Gasteiger partial charge in [0.1, 0.15) is 0 Å². The first-order valence-corrected chi connectivity index (χ1v) is 15.4. The molecular formula is C43H29N3. The molecule has 0 saturated carbocycles. The van der Waals surface area contributed by atoms with Crippen LogP contribution in [0.4, 0.5) is 0 Å². The van der Waals surface area contributed by atoms with E-state index in [1.807, 2.05) is 18.2 Å². The van der Waals surface area contributed by atoms with Gasteiger partial charge in [-0.15, -0.1) is 0 Å². The maximum absolute atomic E-state index is 5.13. The van der Waals surface area contributed by atoms with Crippen molar-refractivity contribution >= 4 is 10.8 Å². The van der Waals surface area contributed by atoms with E-state index in [1.54, 1.807) is 12.4 Å². The number of pyridine rings is 1. The zero-order chi connectivity index (χ0) is 30.7. The molecule has 0 fully saturated rings. The van der Waals surface area contributed by atoms with E-state index in [4.69, 9.17) is 4.98 Å². The second kappa shape index (κ2) is 12.1.